The van der Waals surface area contributed by atoms with Crippen LogP contribution in [-0.4, -0.2) is 15.0 Å². The lowest BCUT2D eigenvalue weighted by atomic mass is 9.97. The Kier molecular flexibility index (Phi) is 3.90. The van der Waals surface area contributed by atoms with Crippen LogP contribution >= 0.6 is 11.6 Å². The van der Waals surface area contributed by atoms with Crippen molar-refractivity contribution in [1.29, 1.82) is 0 Å². The number of aromatic nitrogens is 3. The van der Waals surface area contributed by atoms with Crippen molar-refractivity contribution in [3.63, 3.8) is 0 Å². The molecule has 3 nitrogen and oxygen atoms in total. The van der Waals surface area contributed by atoms with Crippen molar-refractivity contribution in [2.45, 2.75) is 6.92 Å². The summed E-state index contributed by atoms with van der Waals surface area (Å²) in [6.07, 6.45) is 3.18. The maximum atomic E-state index is 13.6. The van der Waals surface area contributed by atoms with E-state index in [1.807, 2.05) is 30.3 Å². The first kappa shape index (κ1) is 15.7. The minimum absolute atomic E-state index is 0.226. The number of fused-ring (bicyclic) bond motifs is 1. The zero-order valence-electron chi connectivity index (χ0n) is 13.4. The van der Waals surface area contributed by atoms with Crippen LogP contribution in [0.3, 0.4) is 0 Å². The molecule has 0 amide bonds. The molecule has 5 heteroatoms. The van der Waals surface area contributed by atoms with Crippen molar-refractivity contribution >= 4 is 22.5 Å². The van der Waals surface area contributed by atoms with E-state index in [4.69, 9.17) is 11.6 Å². The predicted octanol–water partition coefficient (Wildman–Crippen LogP) is 5.46. The molecule has 25 heavy (non-hydrogen) atoms. The first-order valence-corrected chi connectivity index (χ1v) is 8.13. The molecule has 0 saturated carbocycles. The first-order chi connectivity index (χ1) is 12.1. The average molecular weight is 350 g/mol. The summed E-state index contributed by atoms with van der Waals surface area (Å²) in [4.78, 5) is 12.8. The predicted molar refractivity (Wildman–Crippen MR) is 97.9 cm³/mol. The first-order valence-electron chi connectivity index (χ1n) is 7.75. The van der Waals surface area contributed by atoms with Crippen LogP contribution in [0.5, 0.6) is 0 Å². The number of nitrogens with zero attached hydrogens (tertiary/aromatic N) is 3. The fraction of sp³-hybridized carbons (Fsp3) is 0.0500. The standard InChI is InChI=1S/C20H13ClFN3/c1-12-9-14(4-6-17(12)22)19-15(3-2-8-23-19)13-5-7-18-16(10-13)20(21)25-11-24-18/h2-11H,1H3. The quantitative estimate of drug-likeness (QED) is 0.451. The Morgan fingerprint density at radius 2 is 1.76 bits per heavy atom. The Bertz CT molecular complexity index is 1100. The molecule has 0 fully saturated rings. The Morgan fingerprint density at radius 1 is 0.920 bits per heavy atom. The van der Waals surface area contributed by atoms with Crippen molar-refractivity contribution in [2.24, 2.45) is 0 Å². The molecule has 0 atom stereocenters. The zero-order chi connectivity index (χ0) is 17.4. The third-order valence-electron chi connectivity index (χ3n) is 4.14. The normalized spacial score (nSPS) is 11.0. The number of halogens is 2. The highest BCUT2D eigenvalue weighted by molar-refractivity contribution is 6.34. The summed E-state index contributed by atoms with van der Waals surface area (Å²) >= 11 is 6.20. The van der Waals surface area contributed by atoms with Gasteiger partial charge >= 0.3 is 0 Å². The van der Waals surface area contributed by atoms with Crippen LogP contribution in [0.2, 0.25) is 5.15 Å². The van der Waals surface area contributed by atoms with E-state index in [2.05, 4.69) is 15.0 Å². The fourth-order valence-corrected chi connectivity index (χ4v) is 3.05. The van der Waals surface area contributed by atoms with Crippen molar-refractivity contribution < 1.29 is 4.39 Å². The number of hydrogen-bond donors (Lipinski definition) is 0. The highest BCUT2D eigenvalue weighted by Crippen LogP contribution is 2.33. The van der Waals surface area contributed by atoms with E-state index in [0.717, 1.165) is 33.3 Å². The van der Waals surface area contributed by atoms with Crippen molar-refractivity contribution in [3.05, 3.63) is 77.6 Å². The number of hydrogen-bond acceptors (Lipinski definition) is 3. The zero-order valence-corrected chi connectivity index (χ0v) is 14.1. The average Bonchev–Trinajstić information content (AvgIpc) is 2.64. The molecule has 0 aliphatic heterocycles. The Labute approximate surface area is 149 Å². The minimum atomic E-state index is -0.226. The van der Waals surface area contributed by atoms with Gasteiger partial charge < -0.3 is 0 Å². The maximum absolute atomic E-state index is 13.6. The van der Waals surface area contributed by atoms with E-state index in [1.54, 1.807) is 25.3 Å². The summed E-state index contributed by atoms with van der Waals surface area (Å²) in [6.45, 7) is 1.74. The number of rotatable bonds is 2. The van der Waals surface area contributed by atoms with Crippen LogP contribution in [0.15, 0.2) is 61.1 Å². The summed E-state index contributed by atoms with van der Waals surface area (Å²) < 4.78 is 13.6. The second-order valence-corrected chi connectivity index (χ2v) is 6.12. The van der Waals surface area contributed by atoms with Crippen LogP contribution in [0.4, 0.5) is 4.39 Å². The van der Waals surface area contributed by atoms with Crippen LogP contribution < -0.4 is 0 Å². The van der Waals surface area contributed by atoms with Gasteiger partial charge in [-0.1, -0.05) is 23.7 Å². The Hall–Kier alpha value is -2.85. The Morgan fingerprint density at radius 3 is 2.60 bits per heavy atom. The molecule has 0 unspecified atom stereocenters. The smallest absolute Gasteiger partial charge is 0.140 e. The molecule has 0 N–H and O–H groups in total. The fourth-order valence-electron chi connectivity index (χ4n) is 2.85. The van der Waals surface area contributed by atoms with Gasteiger partial charge in [0, 0.05) is 22.7 Å². The van der Waals surface area contributed by atoms with Gasteiger partial charge in [0.05, 0.1) is 11.2 Å². The van der Waals surface area contributed by atoms with Gasteiger partial charge in [0.15, 0.2) is 0 Å². The van der Waals surface area contributed by atoms with Gasteiger partial charge in [-0.25, -0.2) is 14.4 Å². The molecular weight excluding hydrogens is 337 g/mol. The van der Waals surface area contributed by atoms with Crippen LogP contribution in [-0.2, 0) is 0 Å². The van der Waals surface area contributed by atoms with Gasteiger partial charge in [-0.05, 0) is 54.4 Å². The molecular formula is C20H13ClFN3. The molecule has 2 heterocycles. The van der Waals surface area contributed by atoms with Gasteiger partial charge in [-0.2, -0.15) is 0 Å². The number of aryl methyl sites for hydroxylation is 1. The molecule has 2 aromatic carbocycles. The summed E-state index contributed by atoms with van der Waals surface area (Å²) in [5.74, 6) is -0.226. The van der Waals surface area contributed by atoms with E-state index in [9.17, 15) is 4.39 Å². The third-order valence-corrected chi connectivity index (χ3v) is 4.44. The minimum Gasteiger partial charge on any atom is -0.256 e. The molecule has 122 valence electrons. The Balaban J connectivity index is 1.92. The lowest BCUT2D eigenvalue weighted by Crippen LogP contribution is -1.92. The second-order valence-electron chi connectivity index (χ2n) is 5.76. The highest BCUT2D eigenvalue weighted by atomic mass is 35.5. The van der Waals surface area contributed by atoms with E-state index in [-0.39, 0.29) is 5.82 Å². The van der Waals surface area contributed by atoms with Gasteiger partial charge in [-0.3, -0.25) is 4.98 Å². The maximum Gasteiger partial charge on any atom is 0.140 e. The number of benzene rings is 2. The molecule has 4 rings (SSSR count). The number of pyridine rings is 1. The summed E-state index contributed by atoms with van der Waals surface area (Å²) in [7, 11) is 0. The van der Waals surface area contributed by atoms with Gasteiger partial charge in [0.1, 0.15) is 17.3 Å². The largest absolute Gasteiger partial charge is 0.256 e. The topological polar surface area (TPSA) is 38.7 Å². The SMILES string of the molecule is Cc1cc(-c2ncccc2-c2ccc3ncnc(Cl)c3c2)ccc1F. The van der Waals surface area contributed by atoms with Crippen LogP contribution in [0.25, 0.3) is 33.3 Å². The van der Waals surface area contributed by atoms with Gasteiger partial charge in [0.2, 0.25) is 0 Å². The van der Waals surface area contributed by atoms with E-state index in [1.165, 1.54) is 12.4 Å². The monoisotopic (exact) mass is 349 g/mol. The molecule has 0 aliphatic carbocycles. The third kappa shape index (κ3) is 2.85. The highest BCUT2D eigenvalue weighted by Gasteiger charge is 2.11. The van der Waals surface area contributed by atoms with E-state index < -0.39 is 0 Å². The summed E-state index contributed by atoms with van der Waals surface area (Å²) in [6, 6.07) is 14.7. The molecule has 2 aromatic heterocycles. The molecule has 4 aromatic rings. The van der Waals surface area contributed by atoms with Gasteiger partial charge in [0.25, 0.3) is 0 Å². The summed E-state index contributed by atoms with van der Waals surface area (Å²) in [5.41, 5.74) is 4.92. The van der Waals surface area contributed by atoms with Crippen molar-refractivity contribution in [2.75, 3.05) is 0 Å². The van der Waals surface area contributed by atoms with Crippen molar-refractivity contribution in [1.82, 2.24) is 15.0 Å². The molecule has 0 aliphatic rings. The van der Waals surface area contributed by atoms with Crippen LogP contribution in [0.1, 0.15) is 5.56 Å². The van der Waals surface area contributed by atoms with E-state index in [0.29, 0.717) is 10.7 Å². The molecule has 0 spiro atoms. The lowest BCUT2D eigenvalue weighted by molar-refractivity contribution is 0.619. The van der Waals surface area contributed by atoms with Crippen LogP contribution in [0, 0.1) is 12.7 Å². The molecule has 0 saturated heterocycles. The van der Waals surface area contributed by atoms with E-state index >= 15 is 0 Å². The van der Waals surface area contributed by atoms with Crippen molar-refractivity contribution in [3.8, 4) is 22.4 Å². The second kappa shape index (κ2) is 6.22. The summed E-state index contributed by atoms with van der Waals surface area (Å²) in [5, 5.41) is 1.20. The lowest BCUT2D eigenvalue weighted by Gasteiger charge is -2.11. The molecule has 0 bridgehead atoms. The molecule has 0 radical (unpaired) electrons. The van der Waals surface area contributed by atoms with Gasteiger partial charge in [-0.15, -0.1) is 0 Å².